The Kier molecular flexibility index (Phi) is 4.16. The summed E-state index contributed by atoms with van der Waals surface area (Å²) < 4.78 is 12.2. The number of benzene rings is 1. The molecular weight excluding hydrogens is 318 g/mol. The van der Waals surface area contributed by atoms with Gasteiger partial charge in [-0.05, 0) is 6.92 Å². The topological polar surface area (TPSA) is 70.2 Å². The second-order valence-corrected chi connectivity index (χ2v) is 5.42. The van der Waals surface area contributed by atoms with Crippen LogP contribution < -0.4 is 0 Å². The van der Waals surface area contributed by atoms with Crippen LogP contribution in [0.25, 0.3) is 11.3 Å². The summed E-state index contributed by atoms with van der Waals surface area (Å²) in [5.41, 5.74) is 2.01. The molecule has 118 valence electrons. The van der Waals surface area contributed by atoms with Crippen LogP contribution in [0.5, 0.6) is 0 Å². The van der Waals surface area contributed by atoms with Crippen molar-refractivity contribution < 1.29 is 13.9 Å². The highest BCUT2D eigenvalue weighted by Crippen LogP contribution is 2.24. The van der Waals surface area contributed by atoms with E-state index >= 15 is 0 Å². The van der Waals surface area contributed by atoms with Gasteiger partial charge < -0.3 is 13.7 Å². The van der Waals surface area contributed by atoms with Crippen LogP contribution in [-0.4, -0.2) is 20.5 Å². The summed E-state index contributed by atoms with van der Waals surface area (Å²) in [7, 11) is 1.74. The number of hydrogen-bond acceptors (Lipinski definition) is 5. The maximum Gasteiger partial charge on any atom is 0.361 e. The number of carbonyl (C=O) groups excluding carboxylic acids is 1. The van der Waals surface area contributed by atoms with Gasteiger partial charge in [0.05, 0.1) is 6.20 Å². The van der Waals surface area contributed by atoms with E-state index in [1.165, 1.54) is 12.6 Å². The average molecular weight is 332 g/mol. The first-order valence-corrected chi connectivity index (χ1v) is 7.28. The standard InChI is InChI=1S/C16H14ClN3O3/c1-10-3-5-11(6-4-10)15-14(19-9-23-15)16(21)22-8-13-18-7-12(17)20(13)2/h3-7,9H,8H2,1-2H3. The zero-order chi connectivity index (χ0) is 16.4. The van der Waals surface area contributed by atoms with Gasteiger partial charge in [0.1, 0.15) is 17.6 Å². The monoisotopic (exact) mass is 331 g/mol. The second kappa shape index (κ2) is 6.26. The number of aromatic nitrogens is 3. The number of aryl methyl sites for hydroxylation is 1. The maximum atomic E-state index is 12.2. The normalized spacial score (nSPS) is 10.7. The van der Waals surface area contributed by atoms with Crippen molar-refractivity contribution in [3.05, 3.63) is 59.1 Å². The molecule has 23 heavy (non-hydrogen) atoms. The summed E-state index contributed by atoms with van der Waals surface area (Å²) in [6, 6.07) is 7.60. The maximum absolute atomic E-state index is 12.2. The molecule has 0 N–H and O–H groups in total. The Bertz CT molecular complexity index is 837. The number of ether oxygens (including phenoxy) is 1. The van der Waals surface area contributed by atoms with E-state index in [-0.39, 0.29) is 12.3 Å². The molecule has 0 unspecified atom stereocenters. The predicted molar refractivity (Wildman–Crippen MR) is 84.0 cm³/mol. The van der Waals surface area contributed by atoms with Gasteiger partial charge in [0.2, 0.25) is 0 Å². The largest absolute Gasteiger partial charge is 0.453 e. The highest BCUT2D eigenvalue weighted by molar-refractivity contribution is 6.29. The van der Waals surface area contributed by atoms with Crippen molar-refractivity contribution in [2.75, 3.05) is 0 Å². The average Bonchev–Trinajstić information content (AvgIpc) is 3.15. The van der Waals surface area contributed by atoms with Crippen LogP contribution in [0, 0.1) is 6.92 Å². The first-order chi connectivity index (χ1) is 11.1. The van der Waals surface area contributed by atoms with Gasteiger partial charge in [-0.15, -0.1) is 0 Å². The molecule has 0 bridgehead atoms. The van der Waals surface area contributed by atoms with Gasteiger partial charge in [-0.3, -0.25) is 0 Å². The van der Waals surface area contributed by atoms with Gasteiger partial charge in [0.25, 0.3) is 0 Å². The molecule has 2 aromatic heterocycles. The van der Waals surface area contributed by atoms with Gasteiger partial charge in [0, 0.05) is 12.6 Å². The molecule has 0 atom stereocenters. The lowest BCUT2D eigenvalue weighted by molar-refractivity contribution is 0.0453. The lowest BCUT2D eigenvalue weighted by Crippen LogP contribution is -2.09. The fourth-order valence-corrected chi connectivity index (χ4v) is 2.20. The molecular formula is C16H14ClN3O3. The van der Waals surface area contributed by atoms with E-state index < -0.39 is 5.97 Å². The number of esters is 1. The Balaban J connectivity index is 1.77. The Labute approximate surface area is 137 Å². The minimum absolute atomic E-state index is 0.00223. The molecule has 6 nitrogen and oxygen atoms in total. The van der Waals surface area contributed by atoms with Crippen molar-refractivity contribution in [1.29, 1.82) is 0 Å². The summed E-state index contributed by atoms with van der Waals surface area (Å²) in [6.45, 7) is 1.99. The summed E-state index contributed by atoms with van der Waals surface area (Å²) in [5, 5.41) is 0.470. The summed E-state index contributed by atoms with van der Waals surface area (Å²) in [4.78, 5) is 20.3. The lowest BCUT2D eigenvalue weighted by atomic mass is 10.1. The third kappa shape index (κ3) is 3.12. The van der Waals surface area contributed by atoms with E-state index in [9.17, 15) is 4.79 Å². The number of nitrogens with zero attached hydrogens (tertiary/aromatic N) is 3. The van der Waals surface area contributed by atoms with Gasteiger partial charge in [-0.2, -0.15) is 0 Å². The molecule has 0 saturated heterocycles. The number of imidazole rings is 1. The van der Waals surface area contributed by atoms with E-state index in [0.717, 1.165) is 11.1 Å². The van der Waals surface area contributed by atoms with Crippen LogP contribution >= 0.6 is 11.6 Å². The molecule has 0 spiro atoms. The number of hydrogen-bond donors (Lipinski definition) is 0. The first-order valence-electron chi connectivity index (χ1n) is 6.90. The van der Waals surface area contributed by atoms with Crippen LogP contribution in [-0.2, 0) is 18.4 Å². The first kappa shape index (κ1) is 15.3. The van der Waals surface area contributed by atoms with Crippen LogP contribution in [0.4, 0.5) is 0 Å². The zero-order valence-corrected chi connectivity index (χ0v) is 13.4. The highest BCUT2D eigenvalue weighted by Gasteiger charge is 2.20. The molecule has 7 heteroatoms. The van der Waals surface area contributed by atoms with Gasteiger partial charge in [-0.1, -0.05) is 41.4 Å². The molecule has 0 aliphatic heterocycles. The summed E-state index contributed by atoms with van der Waals surface area (Å²) >= 11 is 5.89. The molecule has 0 radical (unpaired) electrons. The third-order valence-electron chi connectivity index (χ3n) is 3.43. The number of carbonyl (C=O) groups is 1. The van der Waals surface area contributed by atoms with E-state index in [1.807, 2.05) is 31.2 Å². The highest BCUT2D eigenvalue weighted by atomic mass is 35.5. The van der Waals surface area contributed by atoms with Crippen LogP contribution in [0.3, 0.4) is 0 Å². The van der Waals surface area contributed by atoms with E-state index in [1.54, 1.807) is 11.6 Å². The SMILES string of the molecule is Cc1ccc(-c2ocnc2C(=O)OCc2ncc(Cl)n2C)cc1. The Hall–Kier alpha value is -2.60. The minimum Gasteiger partial charge on any atom is -0.453 e. The van der Waals surface area contributed by atoms with Crippen molar-refractivity contribution >= 4 is 17.6 Å². The Morgan fingerprint density at radius 2 is 2.04 bits per heavy atom. The second-order valence-electron chi connectivity index (χ2n) is 5.03. The number of oxazole rings is 1. The van der Waals surface area contributed by atoms with Crippen LogP contribution in [0.1, 0.15) is 21.9 Å². The van der Waals surface area contributed by atoms with Crippen LogP contribution in [0.2, 0.25) is 5.15 Å². The van der Waals surface area contributed by atoms with Crippen LogP contribution in [0.15, 0.2) is 41.3 Å². The molecule has 3 aromatic rings. The van der Waals surface area contributed by atoms with Crippen molar-refractivity contribution in [2.45, 2.75) is 13.5 Å². The fraction of sp³-hybridized carbons (Fsp3) is 0.188. The molecule has 0 aliphatic rings. The molecule has 0 amide bonds. The minimum atomic E-state index is -0.576. The summed E-state index contributed by atoms with van der Waals surface area (Å²) in [5.74, 6) is 0.352. The van der Waals surface area contributed by atoms with E-state index in [2.05, 4.69) is 9.97 Å². The molecule has 3 rings (SSSR count). The fourth-order valence-electron chi connectivity index (χ4n) is 2.06. The Morgan fingerprint density at radius 1 is 1.30 bits per heavy atom. The van der Waals surface area contributed by atoms with Crippen molar-refractivity contribution in [3.63, 3.8) is 0 Å². The Morgan fingerprint density at radius 3 is 2.70 bits per heavy atom. The number of rotatable bonds is 4. The van der Waals surface area contributed by atoms with Gasteiger partial charge in [0.15, 0.2) is 17.8 Å². The van der Waals surface area contributed by atoms with Gasteiger partial charge in [-0.25, -0.2) is 14.8 Å². The quantitative estimate of drug-likeness (QED) is 0.685. The van der Waals surface area contributed by atoms with E-state index in [4.69, 9.17) is 20.8 Å². The van der Waals surface area contributed by atoms with E-state index in [0.29, 0.717) is 16.7 Å². The smallest absolute Gasteiger partial charge is 0.361 e. The summed E-state index contributed by atoms with van der Waals surface area (Å²) in [6.07, 6.45) is 2.72. The van der Waals surface area contributed by atoms with Crippen molar-refractivity contribution in [3.8, 4) is 11.3 Å². The molecule has 2 heterocycles. The zero-order valence-electron chi connectivity index (χ0n) is 12.6. The molecule has 0 saturated carbocycles. The molecule has 1 aromatic carbocycles. The molecule has 0 fully saturated rings. The molecule has 0 aliphatic carbocycles. The van der Waals surface area contributed by atoms with Gasteiger partial charge >= 0.3 is 5.97 Å². The van der Waals surface area contributed by atoms with Crippen molar-refractivity contribution in [1.82, 2.24) is 14.5 Å². The van der Waals surface area contributed by atoms with Crippen molar-refractivity contribution in [2.24, 2.45) is 7.05 Å². The third-order valence-corrected chi connectivity index (χ3v) is 3.79. The lowest BCUT2D eigenvalue weighted by Gasteiger charge is -2.05. The number of halogens is 1. The predicted octanol–water partition coefficient (Wildman–Crippen LogP) is 3.39.